The van der Waals surface area contributed by atoms with Gasteiger partial charge in [-0.2, -0.15) is 0 Å². The van der Waals surface area contributed by atoms with Gasteiger partial charge in [0.05, 0.1) is 15.8 Å². The van der Waals surface area contributed by atoms with Gasteiger partial charge in [-0.05, 0) is 37.5 Å². The van der Waals surface area contributed by atoms with Gasteiger partial charge in [0.1, 0.15) is 0 Å². The van der Waals surface area contributed by atoms with Crippen molar-refractivity contribution in [2.45, 2.75) is 49.1 Å². The molecule has 1 heterocycles. The van der Waals surface area contributed by atoms with Crippen LogP contribution in [0, 0.1) is 10.1 Å². The van der Waals surface area contributed by atoms with Crippen molar-refractivity contribution in [2.75, 3.05) is 0 Å². The van der Waals surface area contributed by atoms with E-state index in [9.17, 15) is 14.9 Å². The minimum absolute atomic E-state index is 0.00578. The molecular formula is C21H21N3O3S. The Balaban J connectivity index is 1.77. The lowest BCUT2D eigenvalue weighted by Crippen LogP contribution is -2.26. The van der Waals surface area contributed by atoms with E-state index in [1.165, 1.54) is 17.8 Å². The molecule has 2 aromatic carbocycles. The van der Waals surface area contributed by atoms with Crippen molar-refractivity contribution < 1.29 is 4.92 Å². The first-order valence-corrected chi connectivity index (χ1v) is 10.3. The summed E-state index contributed by atoms with van der Waals surface area (Å²) in [5.74, 6) is 0. The monoisotopic (exact) mass is 395 g/mol. The molecule has 1 saturated carbocycles. The Morgan fingerprint density at radius 1 is 1.18 bits per heavy atom. The molecule has 1 fully saturated rings. The maximum Gasteiger partial charge on any atom is 0.269 e. The van der Waals surface area contributed by atoms with E-state index in [1.54, 1.807) is 12.1 Å². The van der Waals surface area contributed by atoms with Crippen LogP contribution in [0.2, 0.25) is 0 Å². The van der Waals surface area contributed by atoms with Crippen molar-refractivity contribution >= 4 is 28.4 Å². The number of aromatic nitrogens is 2. The number of nitro groups is 1. The van der Waals surface area contributed by atoms with E-state index in [0.29, 0.717) is 16.1 Å². The van der Waals surface area contributed by atoms with E-state index in [4.69, 9.17) is 4.98 Å². The Hall–Kier alpha value is -2.67. The topological polar surface area (TPSA) is 78.0 Å². The van der Waals surface area contributed by atoms with Crippen LogP contribution < -0.4 is 5.56 Å². The molecule has 1 aromatic heterocycles. The number of para-hydroxylation sites is 1. The fourth-order valence-corrected chi connectivity index (χ4v) is 4.91. The van der Waals surface area contributed by atoms with Gasteiger partial charge in [-0.1, -0.05) is 48.9 Å². The molecular weight excluding hydrogens is 374 g/mol. The molecule has 1 aliphatic carbocycles. The van der Waals surface area contributed by atoms with Crippen LogP contribution in [0.5, 0.6) is 0 Å². The van der Waals surface area contributed by atoms with Gasteiger partial charge in [-0.15, -0.1) is 0 Å². The molecule has 0 radical (unpaired) electrons. The largest absolute Gasteiger partial charge is 0.284 e. The minimum atomic E-state index is -0.385. The maximum absolute atomic E-state index is 13.2. The van der Waals surface area contributed by atoms with Crippen molar-refractivity contribution in [1.29, 1.82) is 0 Å². The third-order valence-electron chi connectivity index (χ3n) is 5.30. The lowest BCUT2D eigenvalue weighted by molar-refractivity contribution is -0.384. The summed E-state index contributed by atoms with van der Waals surface area (Å²) in [5.41, 5.74) is 1.62. The van der Waals surface area contributed by atoms with Gasteiger partial charge in [0.25, 0.3) is 11.2 Å². The Bertz CT molecular complexity index is 1090. The summed E-state index contributed by atoms with van der Waals surface area (Å²) in [6.07, 6.45) is 4.21. The Morgan fingerprint density at radius 3 is 2.68 bits per heavy atom. The van der Waals surface area contributed by atoms with Crippen molar-refractivity contribution in [2.24, 2.45) is 0 Å². The molecule has 0 N–H and O–H groups in total. The van der Waals surface area contributed by atoms with Crippen LogP contribution in [0.3, 0.4) is 0 Å². The first kappa shape index (κ1) is 18.7. The first-order chi connectivity index (χ1) is 13.5. The zero-order valence-corrected chi connectivity index (χ0v) is 16.4. The summed E-state index contributed by atoms with van der Waals surface area (Å²) in [7, 11) is 0. The molecule has 0 unspecified atom stereocenters. The van der Waals surface area contributed by atoms with Crippen LogP contribution in [-0.2, 0) is 0 Å². The van der Waals surface area contributed by atoms with E-state index >= 15 is 0 Å². The van der Waals surface area contributed by atoms with Crippen LogP contribution in [0.4, 0.5) is 5.69 Å². The second kappa shape index (κ2) is 7.75. The fourth-order valence-electron chi connectivity index (χ4n) is 3.81. The third kappa shape index (κ3) is 3.54. The number of non-ortho nitro benzene ring substituents is 1. The van der Waals surface area contributed by atoms with E-state index in [-0.39, 0.29) is 27.5 Å². The highest BCUT2D eigenvalue weighted by Crippen LogP contribution is 2.38. The number of benzene rings is 2. The lowest BCUT2D eigenvalue weighted by atomic mass is 10.1. The molecule has 1 aliphatic rings. The summed E-state index contributed by atoms with van der Waals surface area (Å²) in [5, 5.41) is 12.4. The molecule has 7 heteroatoms. The van der Waals surface area contributed by atoms with Crippen molar-refractivity contribution in [3.8, 4) is 0 Å². The van der Waals surface area contributed by atoms with E-state index in [1.807, 2.05) is 41.8 Å². The van der Waals surface area contributed by atoms with Gasteiger partial charge in [0.2, 0.25) is 0 Å². The molecule has 0 amide bonds. The Morgan fingerprint density at radius 2 is 1.93 bits per heavy atom. The molecule has 6 nitrogen and oxygen atoms in total. The second-order valence-corrected chi connectivity index (χ2v) is 8.45. The van der Waals surface area contributed by atoms with Crippen LogP contribution in [-0.4, -0.2) is 14.5 Å². The Labute approximate surface area is 166 Å². The van der Waals surface area contributed by atoms with E-state index in [2.05, 4.69) is 0 Å². The maximum atomic E-state index is 13.2. The highest BCUT2D eigenvalue weighted by molar-refractivity contribution is 7.99. The number of fused-ring (bicyclic) bond motifs is 1. The molecule has 0 bridgehead atoms. The highest BCUT2D eigenvalue weighted by Gasteiger charge is 2.24. The summed E-state index contributed by atoms with van der Waals surface area (Å²) in [6, 6.07) is 14.3. The normalized spacial score (nSPS) is 15.8. The predicted octanol–water partition coefficient (Wildman–Crippen LogP) is 5.27. The second-order valence-electron chi connectivity index (χ2n) is 7.14. The number of thioether (sulfide) groups is 1. The number of rotatable bonds is 5. The summed E-state index contributed by atoms with van der Waals surface area (Å²) in [4.78, 5) is 28.7. The molecule has 1 atom stereocenters. The highest BCUT2D eigenvalue weighted by atomic mass is 32.2. The molecule has 3 aromatic rings. The predicted molar refractivity (Wildman–Crippen MR) is 111 cm³/mol. The van der Waals surface area contributed by atoms with Gasteiger partial charge < -0.3 is 0 Å². The average molecular weight is 395 g/mol. The molecule has 28 heavy (non-hydrogen) atoms. The number of hydrogen-bond acceptors (Lipinski definition) is 5. The number of hydrogen-bond donors (Lipinski definition) is 0. The third-order valence-corrected chi connectivity index (χ3v) is 6.42. The van der Waals surface area contributed by atoms with E-state index in [0.717, 1.165) is 31.2 Å². The number of nitrogens with zero attached hydrogens (tertiary/aromatic N) is 3. The Kier molecular flexibility index (Phi) is 5.17. The molecule has 0 aliphatic heterocycles. The summed E-state index contributed by atoms with van der Waals surface area (Å²) in [6.45, 7) is 1.99. The molecule has 4 rings (SSSR count). The zero-order chi connectivity index (χ0) is 19.7. The first-order valence-electron chi connectivity index (χ1n) is 9.47. The van der Waals surface area contributed by atoms with Crippen LogP contribution in [0.25, 0.3) is 10.9 Å². The van der Waals surface area contributed by atoms with E-state index < -0.39 is 0 Å². The van der Waals surface area contributed by atoms with Gasteiger partial charge in [0, 0.05) is 23.4 Å². The molecule has 144 valence electrons. The van der Waals surface area contributed by atoms with Crippen molar-refractivity contribution in [1.82, 2.24) is 9.55 Å². The SMILES string of the molecule is C[C@@H](Sc1nc2ccccc2c(=O)n1C1CCCC1)c1cccc([N+](=O)[O-])c1. The minimum Gasteiger partial charge on any atom is -0.284 e. The summed E-state index contributed by atoms with van der Waals surface area (Å²) >= 11 is 1.49. The standard InChI is InChI=1S/C21H21N3O3S/c1-14(15-7-6-10-17(13-15)24(26)27)28-21-22-19-12-5-4-11-18(19)20(25)23(21)16-8-2-3-9-16/h4-7,10-14,16H,2-3,8-9H2,1H3/t14-/m1/s1. The van der Waals surface area contributed by atoms with Gasteiger partial charge in [-0.3, -0.25) is 19.5 Å². The lowest BCUT2D eigenvalue weighted by Gasteiger charge is -2.20. The van der Waals surface area contributed by atoms with Gasteiger partial charge in [0.15, 0.2) is 5.16 Å². The fraction of sp³-hybridized carbons (Fsp3) is 0.333. The zero-order valence-electron chi connectivity index (χ0n) is 15.6. The van der Waals surface area contributed by atoms with Crippen LogP contribution >= 0.6 is 11.8 Å². The van der Waals surface area contributed by atoms with Crippen molar-refractivity contribution in [3.05, 3.63) is 74.6 Å². The molecule has 0 saturated heterocycles. The van der Waals surface area contributed by atoms with Gasteiger partial charge in [-0.25, -0.2) is 4.98 Å². The van der Waals surface area contributed by atoms with Crippen LogP contribution in [0.15, 0.2) is 58.5 Å². The smallest absolute Gasteiger partial charge is 0.269 e. The average Bonchev–Trinajstić information content (AvgIpc) is 3.22. The summed E-state index contributed by atoms with van der Waals surface area (Å²) < 4.78 is 1.86. The van der Waals surface area contributed by atoms with Crippen molar-refractivity contribution in [3.63, 3.8) is 0 Å². The molecule has 0 spiro atoms. The number of nitro benzene ring substituents is 1. The van der Waals surface area contributed by atoms with Crippen LogP contribution in [0.1, 0.15) is 49.5 Å². The van der Waals surface area contributed by atoms with Gasteiger partial charge >= 0.3 is 0 Å². The quantitative estimate of drug-likeness (QED) is 0.254.